The van der Waals surface area contributed by atoms with Crippen molar-refractivity contribution in [2.75, 3.05) is 36.5 Å². The molecule has 0 saturated carbocycles. The second-order valence-corrected chi connectivity index (χ2v) is 9.52. The minimum absolute atomic E-state index is 0.0344. The van der Waals surface area contributed by atoms with Crippen LogP contribution in [0.15, 0.2) is 78.9 Å². The molecule has 0 aromatic heterocycles. The number of carbonyl (C=O) groups is 1. The molecule has 3 aromatic carbocycles. The van der Waals surface area contributed by atoms with Gasteiger partial charge in [0.05, 0.1) is 23.8 Å². The van der Waals surface area contributed by atoms with Crippen molar-refractivity contribution in [2.24, 2.45) is 11.8 Å². The van der Waals surface area contributed by atoms with Gasteiger partial charge in [-0.05, 0) is 54.5 Å². The van der Waals surface area contributed by atoms with E-state index in [9.17, 15) is 10.1 Å². The molecule has 3 aromatic rings. The highest BCUT2D eigenvalue weighted by atomic mass is 16.5. The van der Waals surface area contributed by atoms with Gasteiger partial charge in [0.25, 0.3) is 0 Å². The minimum atomic E-state index is -0.110. The van der Waals surface area contributed by atoms with Crippen molar-refractivity contribution in [2.45, 2.75) is 25.2 Å². The Labute approximate surface area is 207 Å². The van der Waals surface area contributed by atoms with E-state index >= 15 is 0 Å². The zero-order chi connectivity index (χ0) is 24.0. The summed E-state index contributed by atoms with van der Waals surface area (Å²) in [5.74, 6) is 0.759. The molecular formula is C30H31N3O2. The lowest BCUT2D eigenvalue weighted by Crippen LogP contribution is -2.36. The van der Waals surface area contributed by atoms with Crippen LogP contribution in [0, 0.1) is 23.2 Å². The van der Waals surface area contributed by atoms with Gasteiger partial charge in [0.1, 0.15) is 6.07 Å². The number of hydrogen-bond acceptors (Lipinski definition) is 4. The number of nitriles is 1. The SMILES string of the molecule is N#Cc1cc(NC(=O)C2CCOC2)ccc1N1CCC(C(c2ccccc2)c2ccccc2)CC1. The van der Waals surface area contributed by atoms with E-state index in [1.54, 1.807) is 6.07 Å². The average Bonchev–Trinajstić information content (AvgIpc) is 3.46. The van der Waals surface area contributed by atoms with Crippen LogP contribution in [0.5, 0.6) is 0 Å². The van der Waals surface area contributed by atoms with E-state index in [0.29, 0.717) is 36.3 Å². The molecule has 1 N–H and O–H groups in total. The number of hydrogen-bond donors (Lipinski definition) is 1. The van der Waals surface area contributed by atoms with Gasteiger partial charge in [-0.3, -0.25) is 4.79 Å². The Morgan fingerprint density at radius 1 is 0.943 bits per heavy atom. The predicted molar refractivity (Wildman–Crippen MR) is 138 cm³/mol. The Morgan fingerprint density at radius 2 is 1.60 bits per heavy atom. The summed E-state index contributed by atoms with van der Waals surface area (Å²) in [7, 11) is 0. The van der Waals surface area contributed by atoms with Gasteiger partial charge in [0, 0.05) is 31.3 Å². The summed E-state index contributed by atoms with van der Waals surface area (Å²) in [6.45, 7) is 2.91. The Morgan fingerprint density at radius 3 is 2.17 bits per heavy atom. The standard InChI is InChI=1S/C30H31N3O2/c31-20-26-19-27(32-30(34)25-15-18-35-21-25)11-12-28(26)33-16-13-24(14-17-33)29(22-7-3-1-4-8-22)23-9-5-2-6-10-23/h1-12,19,24-25,29H,13-18,21H2,(H,32,34). The van der Waals surface area contributed by atoms with Gasteiger partial charge in [-0.15, -0.1) is 0 Å². The van der Waals surface area contributed by atoms with Gasteiger partial charge < -0.3 is 15.0 Å². The molecule has 2 saturated heterocycles. The third-order valence-corrected chi connectivity index (χ3v) is 7.35. The molecule has 0 radical (unpaired) electrons. The minimum Gasteiger partial charge on any atom is -0.381 e. The number of benzene rings is 3. The second-order valence-electron chi connectivity index (χ2n) is 9.52. The molecule has 0 aliphatic carbocycles. The lowest BCUT2D eigenvalue weighted by atomic mass is 9.76. The molecule has 0 spiro atoms. The van der Waals surface area contributed by atoms with E-state index in [0.717, 1.165) is 38.0 Å². The van der Waals surface area contributed by atoms with Crippen LogP contribution in [0.3, 0.4) is 0 Å². The van der Waals surface area contributed by atoms with E-state index in [2.05, 4.69) is 76.9 Å². The summed E-state index contributed by atoms with van der Waals surface area (Å²) in [6, 6.07) is 29.6. The number of rotatable bonds is 6. The maximum Gasteiger partial charge on any atom is 0.229 e. The maximum atomic E-state index is 12.5. The highest BCUT2D eigenvalue weighted by Gasteiger charge is 2.30. The number of nitrogens with zero attached hydrogens (tertiary/aromatic N) is 2. The monoisotopic (exact) mass is 465 g/mol. The second kappa shape index (κ2) is 10.8. The Bertz CT molecular complexity index is 1140. The molecule has 35 heavy (non-hydrogen) atoms. The molecule has 0 bridgehead atoms. The van der Waals surface area contributed by atoms with Gasteiger partial charge in [-0.1, -0.05) is 60.7 Å². The van der Waals surface area contributed by atoms with Crippen LogP contribution < -0.4 is 10.2 Å². The highest BCUT2D eigenvalue weighted by molar-refractivity contribution is 5.93. The Kier molecular flexibility index (Phi) is 7.11. The van der Waals surface area contributed by atoms with Gasteiger partial charge >= 0.3 is 0 Å². The predicted octanol–water partition coefficient (Wildman–Crippen LogP) is 5.58. The summed E-state index contributed by atoms with van der Waals surface area (Å²) >= 11 is 0. The largest absolute Gasteiger partial charge is 0.381 e. The molecule has 2 aliphatic heterocycles. The van der Waals surface area contributed by atoms with E-state index in [1.807, 2.05) is 12.1 Å². The van der Waals surface area contributed by atoms with Gasteiger partial charge in [0.2, 0.25) is 5.91 Å². The smallest absolute Gasteiger partial charge is 0.229 e. The van der Waals surface area contributed by atoms with Gasteiger partial charge in [-0.2, -0.15) is 5.26 Å². The quantitative estimate of drug-likeness (QED) is 0.516. The first-order valence-electron chi connectivity index (χ1n) is 12.5. The van der Waals surface area contributed by atoms with Crippen molar-refractivity contribution in [3.63, 3.8) is 0 Å². The normalized spacial score (nSPS) is 18.4. The van der Waals surface area contributed by atoms with Crippen LogP contribution in [-0.2, 0) is 9.53 Å². The molecular weight excluding hydrogens is 434 g/mol. The van der Waals surface area contributed by atoms with E-state index < -0.39 is 0 Å². The van der Waals surface area contributed by atoms with Crippen LogP contribution in [0.4, 0.5) is 11.4 Å². The van der Waals surface area contributed by atoms with Crippen LogP contribution in [0.25, 0.3) is 0 Å². The first kappa shape index (κ1) is 23.1. The Balaban J connectivity index is 1.29. The van der Waals surface area contributed by atoms with Crippen molar-refractivity contribution in [3.8, 4) is 6.07 Å². The first-order chi connectivity index (χ1) is 17.2. The zero-order valence-electron chi connectivity index (χ0n) is 19.9. The summed E-state index contributed by atoms with van der Waals surface area (Å²) in [5.41, 5.74) is 4.95. The molecule has 2 fully saturated rings. The van der Waals surface area contributed by atoms with Gasteiger partial charge in [0.15, 0.2) is 0 Å². The molecule has 5 rings (SSSR count). The van der Waals surface area contributed by atoms with Crippen LogP contribution in [0.2, 0.25) is 0 Å². The highest BCUT2D eigenvalue weighted by Crippen LogP contribution is 2.39. The average molecular weight is 466 g/mol. The number of amides is 1. The van der Waals surface area contributed by atoms with Crippen molar-refractivity contribution < 1.29 is 9.53 Å². The van der Waals surface area contributed by atoms with E-state index in [-0.39, 0.29) is 11.8 Å². The number of nitrogens with one attached hydrogen (secondary N) is 1. The molecule has 5 heteroatoms. The summed E-state index contributed by atoms with van der Waals surface area (Å²) in [6.07, 6.45) is 2.86. The molecule has 2 aliphatic rings. The summed E-state index contributed by atoms with van der Waals surface area (Å²) < 4.78 is 5.32. The first-order valence-corrected chi connectivity index (χ1v) is 12.5. The third-order valence-electron chi connectivity index (χ3n) is 7.35. The summed E-state index contributed by atoms with van der Waals surface area (Å²) in [4.78, 5) is 14.8. The number of anilines is 2. The fourth-order valence-electron chi connectivity index (χ4n) is 5.50. The van der Waals surface area contributed by atoms with E-state index in [4.69, 9.17) is 4.74 Å². The lowest BCUT2D eigenvalue weighted by Gasteiger charge is -2.38. The van der Waals surface area contributed by atoms with Gasteiger partial charge in [-0.25, -0.2) is 0 Å². The molecule has 1 amide bonds. The molecule has 2 heterocycles. The van der Waals surface area contributed by atoms with Crippen molar-refractivity contribution >= 4 is 17.3 Å². The maximum absolute atomic E-state index is 12.5. The van der Waals surface area contributed by atoms with E-state index in [1.165, 1.54) is 11.1 Å². The third kappa shape index (κ3) is 5.23. The molecule has 1 atom stereocenters. The number of ether oxygens (including phenoxy) is 1. The number of carbonyl (C=O) groups excluding carboxylic acids is 1. The Hall–Kier alpha value is -3.62. The van der Waals surface area contributed by atoms with Crippen molar-refractivity contribution in [3.05, 3.63) is 95.6 Å². The summed E-state index contributed by atoms with van der Waals surface area (Å²) in [5, 5.41) is 12.8. The fraction of sp³-hybridized carbons (Fsp3) is 0.333. The molecule has 5 nitrogen and oxygen atoms in total. The van der Waals surface area contributed by atoms with Crippen molar-refractivity contribution in [1.82, 2.24) is 0 Å². The molecule has 1 unspecified atom stereocenters. The zero-order valence-corrected chi connectivity index (χ0v) is 19.9. The lowest BCUT2D eigenvalue weighted by molar-refractivity contribution is -0.119. The fourth-order valence-corrected chi connectivity index (χ4v) is 5.50. The van der Waals surface area contributed by atoms with Crippen LogP contribution >= 0.6 is 0 Å². The van der Waals surface area contributed by atoms with Crippen LogP contribution in [0.1, 0.15) is 41.9 Å². The van der Waals surface area contributed by atoms with Crippen molar-refractivity contribution in [1.29, 1.82) is 5.26 Å². The molecule has 178 valence electrons. The van der Waals surface area contributed by atoms with Crippen LogP contribution in [-0.4, -0.2) is 32.2 Å². The topological polar surface area (TPSA) is 65.4 Å². The number of piperidine rings is 1.